The number of thiophene rings is 1. The van der Waals surface area contributed by atoms with E-state index in [1.807, 2.05) is 12.1 Å². The highest BCUT2D eigenvalue weighted by molar-refractivity contribution is 7.25. The van der Waals surface area contributed by atoms with Crippen molar-refractivity contribution in [2.75, 3.05) is 26.3 Å². The van der Waals surface area contributed by atoms with Crippen LogP contribution in [0.15, 0.2) is 36.4 Å². The van der Waals surface area contributed by atoms with Crippen molar-refractivity contribution in [1.29, 1.82) is 0 Å². The Morgan fingerprint density at radius 1 is 0.680 bits per heavy atom. The molecule has 4 nitrogen and oxygen atoms in total. The lowest BCUT2D eigenvalue weighted by molar-refractivity contribution is 0.308. The van der Waals surface area contributed by atoms with Gasteiger partial charge in [-0.3, -0.25) is 0 Å². The molecule has 0 bridgehead atoms. The molecule has 1 heterocycles. The third-order valence-corrected chi connectivity index (χ3v) is 5.30. The van der Waals surface area contributed by atoms with Crippen molar-refractivity contribution in [3.8, 4) is 11.5 Å². The Balaban J connectivity index is 1.77. The molecule has 0 spiro atoms. The first kappa shape index (κ1) is 18.0. The average Bonchev–Trinajstić information content (AvgIpc) is 3.00. The summed E-state index contributed by atoms with van der Waals surface area (Å²) in [5.74, 6) is 1.83. The molecule has 0 fully saturated rings. The van der Waals surface area contributed by atoms with Crippen molar-refractivity contribution in [3.05, 3.63) is 36.4 Å². The zero-order valence-corrected chi connectivity index (χ0v) is 15.3. The number of fused-ring (bicyclic) bond motifs is 3. The molecule has 134 valence electrons. The van der Waals surface area contributed by atoms with Gasteiger partial charge in [0.2, 0.25) is 0 Å². The standard InChI is InChI=1S/C20H26N2O2S/c21-9-1-3-11-23-15-5-7-19-17(13-15)18-14-16(6-8-20(18)25-19)24-12-4-2-10-22/h5-8,13-14H,1-4,9-12,21-22H2. The first-order valence-electron chi connectivity index (χ1n) is 8.94. The Morgan fingerprint density at radius 3 is 1.60 bits per heavy atom. The number of unbranched alkanes of at least 4 members (excludes halogenated alkanes) is 2. The van der Waals surface area contributed by atoms with Crippen LogP contribution >= 0.6 is 11.3 Å². The van der Waals surface area contributed by atoms with Gasteiger partial charge in [0, 0.05) is 20.2 Å². The fraction of sp³-hybridized carbons (Fsp3) is 0.400. The van der Waals surface area contributed by atoms with E-state index in [4.69, 9.17) is 20.9 Å². The average molecular weight is 359 g/mol. The lowest BCUT2D eigenvalue weighted by Gasteiger charge is -2.07. The highest BCUT2D eigenvalue weighted by Crippen LogP contribution is 2.37. The molecular formula is C20H26N2O2S. The van der Waals surface area contributed by atoms with Crippen molar-refractivity contribution in [3.63, 3.8) is 0 Å². The Hall–Kier alpha value is -1.82. The van der Waals surface area contributed by atoms with Gasteiger partial charge in [-0.25, -0.2) is 0 Å². The molecule has 0 aliphatic heterocycles. The van der Waals surface area contributed by atoms with E-state index < -0.39 is 0 Å². The number of benzene rings is 2. The number of hydrogen-bond donors (Lipinski definition) is 2. The minimum absolute atomic E-state index is 0.709. The fourth-order valence-electron chi connectivity index (χ4n) is 2.79. The van der Waals surface area contributed by atoms with Gasteiger partial charge in [-0.05, 0) is 75.2 Å². The van der Waals surface area contributed by atoms with Gasteiger partial charge in [0.05, 0.1) is 13.2 Å². The summed E-state index contributed by atoms with van der Waals surface area (Å²) in [7, 11) is 0. The summed E-state index contributed by atoms with van der Waals surface area (Å²) < 4.78 is 14.3. The molecule has 2 aromatic carbocycles. The van der Waals surface area contributed by atoms with E-state index in [-0.39, 0.29) is 0 Å². The minimum atomic E-state index is 0.709. The summed E-state index contributed by atoms with van der Waals surface area (Å²) in [6.07, 6.45) is 3.96. The van der Waals surface area contributed by atoms with Gasteiger partial charge in [0.15, 0.2) is 0 Å². The molecule has 5 heteroatoms. The Bertz CT molecular complexity index is 750. The predicted molar refractivity (Wildman–Crippen MR) is 107 cm³/mol. The van der Waals surface area contributed by atoms with Crippen molar-refractivity contribution in [2.45, 2.75) is 25.7 Å². The molecule has 3 aromatic rings. The number of ether oxygens (including phenoxy) is 2. The minimum Gasteiger partial charge on any atom is -0.494 e. The maximum Gasteiger partial charge on any atom is 0.120 e. The quantitative estimate of drug-likeness (QED) is 0.530. The summed E-state index contributed by atoms with van der Waals surface area (Å²) in [6.45, 7) is 2.85. The summed E-state index contributed by atoms with van der Waals surface area (Å²) in [5.41, 5.74) is 11.0. The van der Waals surface area contributed by atoms with Gasteiger partial charge < -0.3 is 20.9 Å². The second-order valence-corrected chi connectivity index (χ2v) is 7.19. The molecule has 0 amide bonds. The molecule has 0 atom stereocenters. The highest BCUT2D eigenvalue weighted by atomic mass is 32.1. The van der Waals surface area contributed by atoms with Gasteiger partial charge in [-0.1, -0.05) is 0 Å². The second-order valence-electron chi connectivity index (χ2n) is 6.11. The van der Waals surface area contributed by atoms with Crippen molar-refractivity contribution in [2.24, 2.45) is 11.5 Å². The summed E-state index contributed by atoms with van der Waals surface area (Å²) in [6, 6.07) is 12.6. The van der Waals surface area contributed by atoms with Crippen LogP contribution in [0.1, 0.15) is 25.7 Å². The van der Waals surface area contributed by atoms with E-state index in [0.717, 1.165) is 37.2 Å². The van der Waals surface area contributed by atoms with Crippen LogP contribution in [0, 0.1) is 0 Å². The number of hydrogen-bond acceptors (Lipinski definition) is 5. The van der Waals surface area contributed by atoms with Crippen LogP contribution in [0.5, 0.6) is 11.5 Å². The number of rotatable bonds is 10. The first-order chi connectivity index (χ1) is 12.3. The maximum absolute atomic E-state index is 5.86. The van der Waals surface area contributed by atoms with E-state index in [9.17, 15) is 0 Å². The predicted octanol–water partition coefficient (Wildman–Crippen LogP) is 4.29. The van der Waals surface area contributed by atoms with E-state index >= 15 is 0 Å². The molecule has 0 aliphatic carbocycles. The molecule has 0 unspecified atom stereocenters. The van der Waals surface area contributed by atoms with Crippen molar-refractivity contribution in [1.82, 2.24) is 0 Å². The molecule has 3 rings (SSSR count). The third-order valence-electron chi connectivity index (χ3n) is 4.15. The molecular weight excluding hydrogens is 332 g/mol. The van der Waals surface area contributed by atoms with Crippen LogP contribution in [-0.2, 0) is 0 Å². The van der Waals surface area contributed by atoms with E-state index in [2.05, 4.69) is 24.3 Å². The van der Waals surface area contributed by atoms with E-state index in [0.29, 0.717) is 26.3 Å². The SMILES string of the molecule is NCCCCOc1ccc2sc3ccc(OCCCCN)cc3c2c1. The van der Waals surface area contributed by atoms with Crippen molar-refractivity contribution >= 4 is 31.5 Å². The van der Waals surface area contributed by atoms with Crippen LogP contribution in [0.4, 0.5) is 0 Å². The van der Waals surface area contributed by atoms with Crippen LogP contribution < -0.4 is 20.9 Å². The molecule has 1 aromatic heterocycles. The maximum atomic E-state index is 5.86. The van der Waals surface area contributed by atoms with E-state index in [1.165, 1.54) is 20.2 Å². The van der Waals surface area contributed by atoms with Crippen LogP contribution in [0.3, 0.4) is 0 Å². The second kappa shape index (κ2) is 9.04. The van der Waals surface area contributed by atoms with Gasteiger partial charge in [-0.15, -0.1) is 11.3 Å². The van der Waals surface area contributed by atoms with Gasteiger partial charge >= 0.3 is 0 Å². The fourth-order valence-corrected chi connectivity index (χ4v) is 3.85. The van der Waals surface area contributed by atoms with Crippen LogP contribution in [0.25, 0.3) is 20.2 Å². The zero-order valence-electron chi connectivity index (χ0n) is 14.5. The zero-order chi connectivity index (χ0) is 17.5. The topological polar surface area (TPSA) is 70.5 Å². The summed E-state index contributed by atoms with van der Waals surface area (Å²) in [5, 5.41) is 2.45. The molecule has 4 N–H and O–H groups in total. The molecule has 0 saturated carbocycles. The van der Waals surface area contributed by atoms with Gasteiger partial charge in [0.25, 0.3) is 0 Å². The summed E-state index contributed by atoms with van der Waals surface area (Å²) >= 11 is 1.80. The third kappa shape index (κ3) is 4.63. The smallest absolute Gasteiger partial charge is 0.120 e. The Labute approximate surface area is 152 Å². The molecule has 0 aliphatic rings. The monoisotopic (exact) mass is 358 g/mol. The van der Waals surface area contributed by atoms with Crippen molar-refractivity contribution < 1.29 is 9.47 Å². The summed E-state index contributed by atoms with van der Waals surface area (Å²) in [4.78, 5) is 0. The Morgan fingerprint density at radius 2 is 1.16 bits per heavy atom. The largest absolute Gasteiger partial charge is 0.494 e. The lowest BCUT2D eigenvalue weighted by atomic mass is 10.1. The first-order valence-corrected chi connectivity index (χ1v) is 9.75. The van der Waals surface area contributed by atoms with Crippen LogP contribution in [0.2, 0.25) is 0 Å². The molecule has 0 saturated heterocycles. The van der Waals surface area contributed by atoms with Crippen LogP contribution in [-0.4, -0.2) is 26.3 Å². The highest BCUT2D eigenvalue weighted by Gasteiger charge is 2.08. The molecule has 0 radical (unpaired) electrons. The van der Waals surface area contributed by atoms with Gasteiger partial charge in [-0.2, -0.15) is 0 Å². The normalized spacial score (nSPS) is 11.3. The van der Waals surface area contributed by atoms with Gasteiger partial charge in [0.1, 0.15) is 11.5 Å². The Kier molecular flexibility index (Phi) is 6.50. The van der Waals surface area contributed by atoms with E-state index in [1.54, 1.807) is 11.3 Å². The molecule has 25 heavy (non-hydrogen) atoms. The lowest BCUT2D eigenvalue weighted by Crippen LogP contribution is -2.03. The number of nitrogens with two attached hydrogens (primary N) is 2.